The molecule has 0 spiro atoms. The summed E-state index contributed by atoms with van der Waals surface area (Å²) in [4.78, 5) is 1.43. The van der Waals surface area contributed by atoms with Crippen LogP contribution in [0.1, 0.15) is 0 Å². The Morgan fingerprint density at radius 2 is 1.58 bits per heavy atom. The second-order valence-electron chi connectivity index (χ2n) is 5.69. The zero-order chi connectivity index (χ0) is 17.2. The summed E-state index contributed by atoms with van der Waals surface area (Å²) < 4.78 is 45.0. The summed E-state index contributed by atoms with van der Waals surface area (Å²) in [5, 5.41) is 0. The van der Waals surface area contributed by atoms with Gasteiger partial charge in [0.2, 0.25) is 10.0 Å². The van der Waals surface area contributed by atoms with E-state index < -0.39 is 10.0 Å². The molecule has 2 aromatic carbocycles. The first-order valence-corrected chi connectivity index (χ1v) is 9.19. The highest BCUT2D eigenvalue weighted by Crippen LogP contribution is 2.19. The molecule has 1 aliphatic rings. The molecule has 0 radical (unpaired) electrons. The smallest absolute Gasteiger partial charge is 0.243 e. The molecule has 0 bridgehead atoms. The van der Waals surface area contributed by atoms with Crippen LogP contribution < -0.4 is 9.64 Å². The van der Waals surface area contributed by atoms with Crippen LogP contribution >= 0.6 is 0 Å². The molecule has 0 atom stereocenters. The summed E-state index contributed by atoms with van der Waals surface area (Å²) in [6, 6.07) is 12.8. The van der Waals surface area contributed by atoms with Crippen LogP contribution in [-0.2, 0) is 10.0 Å². The summed E-state index contributed by atoms with van der Waals surface area (Å²) in [6.07, 6.45) is 0. The molecule has 0 aliphatic carbocycles. The Morgan fingerprint density at radius 3 is 2.12 bits per heavy atom. The number of nitrogens with one attached hydrogen (secondary N) is 1. The molecule has 0 amide bonds. The first kappa shape index (κ1) is 16.9. The van der Waals surface area contributed by atoms with Gasteiger partial charge in [-0.2, -0.15) is 4.31 Å². The van der Waals surface area contributed by atoms with E-state index in [0.29, 0.717) is 31.9 Å². The van der Waals surface area contributed by atoms with Crippen molar-refractivity contribution < 1.29 is 22.4 Å². The van der Waals surface area contributed by atoms with Crippen molar-refractivity contribution >= 4 is 15.7 Å². The molecular formula is C17H20FN2O3S+. The molecule has 0 unspecified atom stereocenters. The minimum Gasteiger partial charge on any atom is -0.497 e. The SMILES string of the molecule is COc1ccc(S(=O)(=O)N2CC[NH+](c3ccc(F)cc3)CC2)cc1. The molecule has 128 valence electrons. The maximum atomic E-state index is 13.0. The third-order valence-corrected chi connectivity index (χ3v) is 6.19. The number of halogens is 1. The highest BCUT2D eigenvalue weighted by Gasteiger charge is 2.31. The van der Waals surface area contributed by atoms with E-state index in [4.69, 9.17) is 4.74 Å². The molecule has 2 aromatic rings. The van der Waals surface area contributed by atoms with Crippen LogP contribution in [0.25, 0.3) is 0 Å². The molecule has 1 fully saturated rings. The second-order valence-corrected chi connectivity index (χ2v) is 7.63. The molecule has 1 saturated heterocycles. The van der Waals surface area contributed by atoms with E-state index >= 15 is 0 Å². The van der Waals surface area contributed by atoms with Gasteiger partial charge in [-0.25, -0.2) is 12.8 Å². The fraction of sp³-hybridized carbons (Fsp3) is 0.294. The lowest BCUT2D eigenvalue weighted by Crippen LogP contribution is -3.10. The Hall–Kier alpha value is -1.96. The highest BCUT2D eigenvalue weighted by atomic mass is 32.2. The lowest BCUT2D eigenvalue weighted by molar-refractivity contribution is -0.837. The number of benzene rings is 2. The van der Waals surface area contributed by atoms with Crippen molar-refractivity contribution in [2.24, 2.45) is 0 Å². The zero-order valence-electron chi connectivity index (χ0n) is 13.4. The Morgan fingerprint density at radius 1 is 1.00 bits per heavy atom. The predicted octanol–water partition coefficient (Wildman–Crippen LogP) is 1.06. The van der Waals surface area contributed by atoms with Gasteiger partial charge in [-0.1, -0.05) is 0 Å². The topological polar surface area (TPSA) is 51.1 Å². The highest BCUT2D eigenvalue weighted by molar-refractivity contribution is 7.89. The number of sulfonamides is 1. The van der Waals surface area contributed by atoms with Gasteiger partial charge in [0, 0.05) is 12.1 Å². The van der Waals surface area contributed by atoms with Crippen LogP contribution in [0.15, 0.2) is 53.4 Å². The third kappa shape index (κ3) is 3.43. The number of quaternary nitrogens is 1. The van der Waals surface area contributed by atoms with Gasteiger partial charge in [-0.05, 0) is 36.4 Å². The van der Waals surface area contributed by atoms with Gasteiger partial charge in [0.15, 0.2) is 0 Å². The minimum absolute atomic E-state index is 0.265. The zero-order valence-corrected chi connectivity index (χ0v) is 14.2. The second kappa shape index (κ2) is 6.88. The maximum absolute atomic E-state index is 13.0. The summed E-state index contributed by atoms with van der Waals surface area (Å²) in [7, 11) is -1.95. The number of hydrogen-bond donors (Lipinski definition) is 1. The standard InChI is InChI=1S/C17H19FN2O3S/c1-23-16-6-8-17(9-7-16)24(21,22)20-12-10-19(11-13-20)15-4-2-14(18)3-5-15/h2-9H,10-13H2,1H3/p+1. The minimum atomic E-state index is -3.49. The molecule has 5 nitrogen and oxygen atoms in total. The van der Waals surface area contributed by atoms with Crippen molar-refractivity contribution in [3.63, 3.8) is 0 Å². The summed E-state index contributed by atoms with van der Waals surface area (Å²) in [5.74, 6) is 0.360. The molecule has 3 rings (SSSR count). The van der Waals surface area contributed by atoms with Crippen molar-refractivity contribution in [3.05, 3.63) is 54.3 Å². The molecule has 0 saturated carbocycles. The molecule has 1 aliphatic heterocycles. The Labute approximate surface area is 141 Å². The molecule has 1 N–H and O–H groups in total. The fourth-order valence-electron chi connectivity index (χ4n) is 2.87. The van der Waals surface area contributed by atoms with Crippen molar-refractivity contribution in [1.82, 2.24) is 4.31 Å². The first-order valence-electron chi connectivity index (χ1n) is 7.75. The molecule has 7 heteroatoms. The van der Waals surface area contributed by atoms with Gasteiger partial charge in [-0.15, -0.1) is 0 Å². The van der Waals surface area contributed by atoms with Gasteiger partial charge in [0.25, 0.3) is 0 Å². The average molecular weight is 351 g/mol. The van der Waals surface area contributed by atoms with E-state index in [-0.39, 0.29) is 10.7 Å². The fourth-order valence-corrected chi connectivity index (χ4v) is 4.31. The Balaban J connectivity index is 1.69. The van der Waals surface area contributed by atoms with Crippen LogP contribution in [-0.4, -0.2) is 46.0 Å². The monoisotopic (exact) mass is 351 g/mol. The van der Waals surface area contributed by atoms with E-state index in [1.807, 2.05) is 0 Å². The van der Waals surface area contributed by atoms with E-state index in [9.17, 15) is 12.8 Å². The molecule has 1 heterocycles. The molecular weight excluding hydrogens is 331 g/mol. The quantitative estimate of drug-likeness (QED) is 0.896. The molecule has 0 aromatic heterocycles. The van der Waals surface area contributed by atoms with Crippen LogP contribution in [0.4, 0.5) is 10.1 Å². The number of methoxy groups -OCH3 is 1. The van der Waals surface area contributed by atoms with Gasteiger partial charge in [0.1, 0.15) is 17.3 Å². The van der Waals surface area contributed by atoms with Gasteiger partial charge in [0.05, 0.1) is 38.2 Å². The van der Waals surface area contributed by atoms with Crippen LogP contribution in [0.3, 0.4) is 0 Å². The van der Waals surface area contributed by atoms with Crippen LogP contribution in [0, 0.1) is 5.82 Å². The van der Waals surface area contributed by atoms with E-state index in [1.54, 1.807) is 43.5 Å². The van der Waals surface area contributed by atoms with E-state index in [1.165, 1.54) is 16.4 Å². The number of piperazine rings is 1. The maximum Gasteiger partial charge on any atom is 0.243 e. The van der Waals surface area contributed by atoms with Crippen molar-refractivity contribution in [1.29, 1.82) is 0 Å². The summed E-state index contributed by atoms with van der Waals surface area (Å²) in [6.45, 7) is 2.17. The number of hydrogen-bond acceptors (Lipinski definition) is 3. The van der Waals surface area contributed by atoms with Gasteiger partial charge < -0.3 is 9.64 Å². The van der Waals surface area contributed by atoms with Gasteiger partial charge in [-0.3, -0.25) is 0 Å². The third-order valence-electron chi connectivity index (χ3n) is 4.28. The predicted molar refractivity (Wildman–Crippen MR) is 88.5 cm³/mol. The van der Waals surface area contributed by atoms with Crippen molar-refractivity contribution in [3.8, 4) is 5.75 Å². The lowest BCUT2D eigenvalue weighted by atomic mass is 10.2. The summed E-state index contributed by atoms with van der Waals surface area (Å²) in [5.41, 5.74) is 0.984. The van der Waals surface area contributed by atoms with Crippen LogP contribution in [0.5, 0.6) is 5.75 Å². The average Bonchev–Trinajstić information content (AvgIpc) is 2.62. The van der Waals surface area contributed by atoms with E-state index in [2.05, 4.69) is 0 Å². The Kier molecular flexibility index (Phi) is 4.84. The first-order chi connectivity index (χ1) is 11.5. The molecule has 24 heavy (non-hydrogen) atoms. The Bertz CT molecular complexity index is 784. The van der Waals surface area contributed by atoms with Gasteiger partial charge >= 0.3 is 0 Å². The largest absolute Gasteiger partial charge is 0.497 e. The van der Waals surface area contributed by atoms with Crippen molar-refractivity contribution in [2.45, 2.75) is 4.90 Å². The number of rotatable bonds is 4. The summed E-state index contributed by atoms with van der Waals surface area (Å²) >= 11 is 0. The number of ether oxygens (including phenoxy) is 1. The van der Waals surface area contributed by atoms with E-state index in [0.717, 1.165) is 10.6 Å². The van der Waals surface area contributed by atoms with Crippen molar-refractivity contribution in [2.75, 3.05) is 33.3 Å². The number of nitrogens with zero attached hydrogens (tertiary/aromatic N) is 1. The normalized spacial score (nSPS) is 16.9. The van der Waals surface area contributed by atoms with Crippen LogP contribution in [0.2, 0.25) is 0 Å². The lowest BCUT2D eigenvalue weighted by Gasteiger charge is -2.31.